The second-order valence-electron chi connectivity index (χ2n) is 8.23. The van der Waals surface area contributed by atoms with E-state index in [9.17, 15) is 9.18 Å². The van der Waals surface area contributed by atoms with Crippen molar-refractivity contribution in [2.75, 3.05) is 13.1 Å². The van der Waals surface area contributed by atoms with E-state index in [0.29, 0.717) is 42.7 Å². The Morgan fingerprint density at radius 1 is 1.25 bits per heavy atom. The third kappa shape index (κ3) is 4.65. The first-order valence-corrected chi connectivity index (χ1v) is 10.9. The molecule has 1 fully saturated rings. The molecule has 4 rings (SSSR count). The first-order chi connectivity index (χ1) is 15.5. The minimum absolute atomic E-state index is 0.0437. The highest BCUT2D eigenvalue weighted by molar-refractivity contribution is 5.95. The van der Waals surface area contributed by atoms with Gasteiger partial charge in [-0.25, -0.2) is 4.39 Å². The molecule has 0 bridgehead atoms. The van der Waals surface area contributed by atoms with Gasteiger partial charge in [0.25, 0.3) is 5.91 Å². The summed E-state index contributed by atoms with van der Waals surface area (Å²) in [5.41, 5.74) is 6.64. The van der Waals surface area contributed by atoms with Crippen molar-refractivity contribution >= 4 is 5.91 Å². The van der Waals surface area contributed by atoms with E-state index in [2.05, 4.69) is 10.1 Å². The van der Waals surface area contributed by atoms with Gasteiger partial charge < -0.3 is 19.9 Å². The van der Waals surface area contributed by atoms with Gasteiger partial charge in [0.2, 0.25) is 5.89 Å². The zero-order valence-electron chi connectivity index (χ0n) is 18.3. The molecule has 1 aliphatic heterocycles. The zero-order chi connectivity index (χ0) is 22.7. The summed E-state index contributed by atoms with van der Waals surface area (Å²) in [6, 6.07) is 11.4. The number of carbonyl (C=O) groups excluding carboxylic acids is 1. The predicted octanol–water partition coefficient (Wildman–Crippen LogP) is 4.60. The van der Waals surface area contributed by atoms with Crippen LogP contribution >= 0.6 is 0 Å². The largest absolute Gasteiger partial charge is 0.457 e. The number of nitrogens with zero attached hydrogens (tertiary/aromatic N) is 3. The summed E-state index contributed by atoms with van der Waals surface area (Å²) in [5.74, 6) is 1.08. The molecule has 32 heavy (non-hydrogen) atoms. The number of amides is 1. The van der Waals surface area contributed by atoms with Crippen molar-refractivity contribution in [3.05, 3.63) is 71.1 Å². The van der Waals surface area contributed by atoms with Crippen molar-refractivity contribution in [2.45, 2.75) is 45.1 Å². The van der Waals surface area contributed by atoms with Gasteiger partial charge in [-0.3, -0.25) is 4.79 Å². The van der Waals surface area contributed by atoms with Gasteiger partial charge in [-0.05, 0) is 61.7 Å². The number of hydrogen-bond donors (Lipinski definition) is 1. The smallest absolute Gasteiger partial charge is 0.257 e. The maximum Gasteiger partial charge on any atom is 0.257 e. The molecular formula is C24H27FN4O3. The third-order valence-corrected chi connectivity index (χ3v) is 5.53. The van der Waals surface area contributed by atoms with Crippen molar-refractivity contribution in [3.8, 4) is 11.5 Å². The van der Waals surface area contributed by atoms with Crippen LogP contribution in [0.1, 0.15) is 66.3 Å². The quantitative estimate of drug-likeness (QED) is 0.579. The van der Waals surface area contributed by atoms with Gasteiger partial charge in [-0.1, -0.05) is 31.1 Å². The van der Waals surface area contributed by atoms with Crippen molar-refractivity contribution in [3.63, 3.8) is 0 Å². The Morgan fingerprint density at radius 3 is 2.69 bits per heavy atom. The summed E-state index contributed by atoms with van der Waals surface area (Å²) in [6.45, 7) is 5.01. The Bertz CT molecular complexity index is 1080. The molecule has 168 valence electrons. The number of hydrogen-bond acceptors (Lipinski definition) is 6. The average molecular weight is 439 g/mol. The van der Waals surface area contributed by atoms with Crippen LogP contribution in [0.25, 0.3) is 0 Å². The number of carbonyl (C=O) groups is 1. The van der Waals surface area contributed by atoms with Gasteiger partial charge >= 0.3 is 0 Å². The minimum atomic E-state index is -0.598. The van der Waals surface area contributed by atoms with Crippen molar-refractivity contribution in [1.29, 1.82) is 0 Å². The lowest BCUT2D eigenvalue weighted by atomic mass is 10.1. The predicted molar refractivity (Wildman–Crippen MR) is 117 cm³/mol. The molecule has 1 saturated heterocycles. The molecule has 7 nitrogen and oxygen atoms in total. The van der Waals surface area contributed by atoms with Gasteiger partial charge in [0, 0.05) is 12.5 Å². The molecule has 1 atom stereocenters. The maximum absolute atomic E-state index is 14.6. The van der Waals surface area contributed by atoms with E-state index in [-0.39, 0.29) is 17.5 Å². The van der Waals surface area contributed by atoms with Crippen LogP contribution in [0.2, 0.25) is 0 Å². The first-order valence-electron chi connectivity index (χ1n) is 10.9. The van der Waals surface area contributed by atoms with Crippen molar-refractivity contribution in [1.82, 2.24) is 15.0 Å². The summed E-state index contributed by atoms with van der Waals surface area (Å²) in [7, 11) is 0. The van der Waals surface area contributed by atoms with Crippen LogP contribution in [0.3, 0.4) is 0 Å². The van der Waals surface area contributed by atoms with E-state index in [0.717, 1.165) is 18.4 Å². The topological polar surface area (TPSA) is 94.5 Å². The summed E-state index contributed by atoms with van der Waals surface area (Å²) in [5, 5.41) is 4.00. The molecule has 1 aromatic heterocycles. The number of rotatable bonds is 7. The Hall–Kier alpha value is -3.26. The highest BCUT2D eigenvalue weighted by atomic mass is 19.1. The lowest BCUT2D eigenvalue weighted by molar-refractivity contribution is 0.0705. The van der Waals surface area contributed by atoms with Gasteiger partial charge in [-0.15, -0.1) is 0 Å². The Labute approximate surface area is 186 Å². The molecule has 2 heterocycles. The summed E-state index contributed by atoms with van der Waals surface area (Å²) in [4.78, 5) is 19.3. The average Bonchev–Trinajstić information content (AvgIpc) is 3.46. The highest BCUT2D eigenvalue weighted by Gasteiger charge is 2.35. The van der Waals surface area contributed by atoms with Gasteiger partial charge in [0.1, 0.15) is 23.4 Å². The Morgan fingerprint density at radius 2 is 2.00 bits per heavy atom. The summed E-state index contributed by atoms with van der Waals surface area (Å²) in [6.07, 6.45) is 2.26. The SMILES string of the molecule is CC(C)c1noc([C@@H]2CCCN2C(=O)c2cc(Oc3ccc(CCN)cc3)ccc2F)n1. The second-order valence-corrected chi connectivity index (χ2v) is 8.23. The fourth-order valence-electron chi connectivity index (χ4n) is 3.80. The van der Waals surface area contributed by atoms with Crippen LogP contribution in [0.5, 0.6) is 11.5 Å². The van der Waals surface area contributed by atoms with Crippen LogP contribution in [0.15, 0.2) is 47.0 Å². The summed E-state index contributed by atoms with van der Waals surface area (Å²) < 4.78 is 25.9. The third-order valence-electron chi connectivity index (χ3n) is 5.53. The minimum Gasteiger partial charge on any atom is -0.457 e. The maximum atomic E-state index is 14.6. The molecule has 3 aromatic rings. The van der Waals surface area contributed by atoms with Gasteiger partial charge in [-0.2, -0.15) is 4.98 Å². The van der Waals surface area contributed by atoms with Crippen molar-refractivity contribution < 1.29 is 18.4 Å². The number of ether oxygens (including phenoxy) is 1. The van der Waals surface area contributed by atoms with Crippen LogP contribution in [-0.4, -0.2) is 34.0 Å². The van der Waals surface area contributed by atoms with Crippen LogP contribution in [0, 0.1) is 5.82 Å². The zero-order valence-corrected chi connectivity index (χ0v) is 18.3. The van der Waals surface area contributed by atoms with Gasteiger partial charge in [0.15, 0.2) is 5.82 Å². The second kappa shape index (κ2) is 9.48. The van der Waals surface area contributed by atoms with Gasteiger partial charge in [0.05, 0.1) is 5.56 Å². The fourth-order valence-corrected chi connectivity index (χ4v) is 3.80. The Balaban J connectivity index is 1.53. The molecule has 0 radical (unpaired) electrons. The molecule has 0 unspecified atom stereocenters. The van der Waals surface area contributed by atoms with E-state index in [1.807, 2.05) is 38.1 Å². The number of benzene rings is 2. The number of halogens is 1. The van der Waals surface area contributed by atoms with E-state index < -0.39 is 11.7 Å². The molecule has 1 aliphatic rings. The fraction of sp³-hybridized carbons (Fsp3) is 0.375. The standard InChI is InChI=1S/C24H27FN4O3/c1-15(2)22-27-23(32-28-22)21-4-3-13-29(21)24(30)19-14-18(9-10-20(19)25)31-17-7-5-16(6-8-17)11-12-26/h5-10,14-15,21H,3-4,11-13,26H2,1-2H3/t21-/m0/s1. The van der Waals surface area contributed by atoms with Crippen LogP contribution in [-0.2, 0) is 6.42 Å². The summed E-state index contributed by atoms with van der Waals surface area (Å²) >= 11 is 0. The molecule has 0 aliphatic carbocycles. The molecule has 8 heteroatoms. The van der Waals surface area contributed by atoms with Crippen LogP contribution < -0.4 is 10.5 Å². The molecule has 1 amide bonds. The molecular weight excluding hydrogens is 411 g/mol. The van der Waals surface area contributed by atoms with E-state index in [4.69, 9.17) is 15.0 Å². The normalized spacial score (nSPS) is 16.0. The molecule has 0 spiro atoms. The van der Waals surface area contributed by atoms with E-state index >= 15 is 0 Å². The number of nitrogens with two attached hydrogens (primary N) is 1. The number of aromatic nitrogens is 2. The highest BCUT2D eigenvalue weighted by Crippen LogP contribution is 2.34. The first kappa shape index (κ1) is 22.0. The monoisotopic (exact) mass is 438 g/mol. The number of likely N-dealkylation sites (tertiary alicyclic amines) is 1. The molecule has 2 aromatic carbocycles. The van der Waals surface area contributed by atoms with E-state index in [1.165, 1.54) is 18.2 Å². The van der Waals surface area contributed by atoms with Crippen LogP contribution in [0.4, 0.5) is 4.39 Å². The van der Waals surface area contributed by atoms with Crippen molar-refractivity contribution in [2.24, 2.45) is 5.73 Å². The lowest BCUT2D eigenvalue weighted by Gasteiger charge is -2.22. The molecule has 2 N–H and O–H groups in total. The lowest BCUT2D eigenvalue weighted by Crippen LogP contribution is -2.31. The molecule has 0 saturated carbocycles. The van der Waals surface area contributed by atoms with E-state index in [1.54, 1.807) is 4.90 Å². The Kier molecular flexibility index (Phi) is 6.50.